The summed E-state index contributed by atoms with van der Waals surface area (Å²) < 4.78 is 0. The SMILES string of the molecule is NC(=O)c1ccccc1NC(=O)CN1CCC(C(=O)Nc2ccccc2O)CC1. The summed E-state index contributed by atoms with van der Waals surface area (Å²) in [5.74, 6) is -1.12. The molecule has 5 N–H and O–H groups in total. The van der Waals surface area contributed by atoms with Gasteiger partial charge in [-0.3, -0.25) is 19.3 Å². The van der Waals surface area contributed by atoms with Gasteiger partial charge in [0.25, 0.3) is 5.91 Å². The maximum atomic E-state index is 12.4. The zero-order chi connectivity index (χ0) is 20.8. The lowest BCUT2D eigenvalue weighted by atomic mass is 9.95. The van der Waals surface area contributed by atoms with E-state index in [0.29, 0.717) is 37.3 Å². The van der Waals surface area contributed by atoms with Crippen LogP contribution in [0.1, 0.15) is 23.2 Å². The van der Waals surface area contributed by atoms with Gasteiger partial charge in [-0.05, 0) is 50.2 Å². The number of hydrogen-bond donors (Lipinski definition) is 4. The Labute approximate surface area is 168 Å². The van der Waals surface area contributed by atoms with Crippen LogP contribution in [0, 0.1) is 5.92 Å². The van der Waals surface area contributed by atoms with Crippen LogP contribution in [0.4, 0.5) is 11.4 Å². The van der Waals surface area contributed by atoms with Crippen molar-refractivity contribution in [3.63, 3.8) is 0 Å². The van der Waals surface area contributed by atoms with Crippen LogP contribution >= 0.6 is 0 Å². The number of hydrogen-bond acceptors (Lipinski definition) is 5. The molecule has 8 nitrogen and oxygen atoms in total. The van der Waals surface area contributed by atoms with E-state index in [1.807, 2.05) is 4.90 Å². The number of primary amides is 1. The zero-order valence-corrected chi connectivity index (χ0v) is 15.9. The number of anilines is 2. The highest BCUT2D eigenvalue weighted by atomic mass is 16.3. The van der Waals surface area contributed by atoms with Crippen molar-refractivity contribution in [2.75, 3.05) is 30.3 Å². The van der Waals surface area contributed by atoms with Gasteiger partial charge in [0.1, 0.15) is 5.75 Å². The van der Waals surface area contributed by atoms with Crippen LogP contribution < -0.4 is 16.4 Å². The molecular formula is C21H24N4O4. The Balaban J connectivity index is 1.48. The Morgan fingerprint density at radius 3 is 2.24 bits per heavy atom. The van der Waals surface area contributed by atoms with Crippen molar-refractivity contribution >= 4 is 29.1 Å². The number of nitrogens with zero attached hydrogens (tertiary/aromatic N) is 1. The number of aromatic hydroxyl groups is 1. The molecule has 1 aliphatic rings. The van der Waals surface area contributed by atoms with Gasteiger partial charge in [-0.25, -0.2) is 0 Å². The highest BCUT2D eigenvalue weighted by Gasteiger charge is 2.26. The van der Waals surface area contributed by atoms with Crippen LogP contribution in [-0.4, -0.2) is 47.4 Å². The lowest BCUT2D eigenvalue weighted by Gasteiger charge is -2.30. The number of phenols is 1. The largest absolute Gasteiger partial charge is 0.506 e. The van der Waals surface area contributed by atoms with Crippen molar-refractivity contribution < 1.29 is 19.5 Å². The number of benzene rings is 2. The van der Waals surface area contributed by atoms with Crippen molar-refractivity contribution in [2.45, 2.75) is 12.8 Å². The lowest BCUT2D eigenvalue weighted by molar-refractivity contribution is -0.121. The molecular weight excluding hydrogens is 372 g/mol. The smallest absolute Gasteiger partial charge is 0.250 e. The van der Waals surface area contributed by atoms with Crippen molar-refractivity contribution in [1.82, 2.24) is 4.90 Å². The minimum absolute atomic E-state index is 0.0335. The van der Waals surface area contributed by atoms with E-state index >= 15 is 0 Å². The van der Waals surface area contributed by atoms with E-state index in [2.05, 4.69) is 10.6 Å². The maximum Gasteiger partial charge on any atom is 0.250 e. The molecule has 1 aliphatic heterocycles. The predicted molar refractivity (Wildman–Crippen MR) is 109 cm³/mol. The van der Waals surface area contributed by atoms with Gasteiger partial charge in [-0.2, -0.15) is 0 Å². The Kier molecular flexibility index (Phi) is 6.46. The summed E-state index contributed by atoms with van der Waals surface area (Å²) >= 11 is 0. The number of para-hydroxylation sites is 3. The molecule has 1 fully saturated rings. The highest BCUT2D eigenvalue weighted by Crippen LogP contribution is 2.25. The first-order valence-corrected chi connectivity index (χ1v) is 9.44. The fraction of sp³-hybridized carbons (Fsp3) is 0.286. The molecule has 0 aliphatic carbocycles. The fourth-order valence-corrected chi connectivity index (χ4v) is 3.37. The first kappa shape index (κ1) is 20.3. The third kappa shape index (κ3) is 5.32. The monoisotopic (exact) mass is 396 g/mol. The molecule has 8 heteroatoms. The van der Waals surface area contributed by atoms with E-state index in [1.165, 1.54) is 6.07 Å². The zero-order valence-electron chi connectivity index (χ0n) is 15.9. The number of phenolic OH excluding ortho intramolecular Hbond substituents is 1. The van der Waals surface area contributed by atoms with E-state index in [9.17, 15) is 19.5 Å². The number of carbonyl (C=O) groups excluding carboxylic acids is 3. The van der Waals surface area contributed by atoms with Gasteiger partial charge in [0.2, 0.25) is 11.8 Å². The summed E-state index contributed by atoms with van der Waals surface area (Å²) in [6, 6.07) is 13.2. The number of piperidine rings is 1. The summed E-state index contributed by atoms with van der Waals surface area (Å²) in [5, 5.41) is 15.3. The van der Waals surface area contributed by atoms with E-state index in [1.54, 1.807) is 42.5 Å². The molecule has 3 amide bonds. The van der Waals surface area contributed by atoms with Gasteiger partial charge in [0.15, 0.2) is 0 Å². The molecule has 0 spiro atoms. The summed E-state index contributed by atoms with van der Waals surface area (Å²) in [6.45, 7) is 1.37. The molecule has 29 heavy (non-hydrogen) atoms. The van der Waals surface area contributed by atoms with Crippen molar-refractivity contribution in [2.24, 2.45) is 11.7 Å². The van der Waals surface area contributed by atoms with E-state index in [4.69, 9.17) is 5.73 Å². The molecule has 0 saturated carbocycles. The third-order valence-electron chi connectivity index (χ3n) is 4.95. The number of nitrogens with two attached hydrogens (primary N) is 1. The van der Waals surface area contributed by atoms with E-state index in [0.717, 1.165) is 0 Å². The van der Waals surface area contributed by atoms with Gasteiger partial charge < -0.3 is 21.5 Å². The molecule has 3 rings (SSSR count). The molecule has 2 aromatic rings. The van der Waals surface area contributed by atoms with Crippen LogP contribution in [0.25, 0.3) is 0 Å². The average molecular weight is 396 g/mol. The predicted octanol–water partition coefficient (Wildman–Crippen LogP) is 1.78. The molecule has 0 atom stereocenters. The Morgan fingerprint density at radius 2 is 1.59 bits per heavy atom. The fourth-order valence-electron chi connectivity index (χ4n) is 3.37. The number of carbonyl (C=O) groups is 3. The standard InChI is InChI=1S/C21H24N4O4/c22-20(28)15-5-1-2-6-16(15)23-19(27)13-25-11-9-14(10-12-25)21(29)24-17-7-3-4-8-18(17)26/h1-8,14,26H,9-13H2,(H2,22,28)(H,23,27)(H,24,29). The summed E-state index contributed by atoms with van der Waals surface area (Å²) in [6.07, 6.45) is 1.23. The molecule has 0 unspecified atom stereocenters. The van der Waals surface area contributed by atoms with E-state index < -0.39 is 5.91 Å². The Hall–Kier alpha value is -3.39. The molecule has 0 aromatic heterocycles. The number of amides is 3. The number of likely N-dealkylation sites (tertiary alicyclic amines) is 1. The molecule has 152 valence electrons. The topological polar surface area (TPSA) is 125 Å². The van der Waals surface area contributed by atoms with Gasteiger partial charge >= 0.3 is 0 Å². The van der Waals surface area contributed by atoms with Gasteiger partial charge in [0, 0.05) is 5.92 Å². The molecule has 0 radical (unpaired) electrons. The van der Waals surface area contributed by atoms with Crippen LogP contribution in [0.5, 0.6) is 5.75 Å². The molecule has 2 aromatic carbocycles. The lowest BCUT2D eigenvalue weighted by Crippen LogP contribution is -2.41. The minimum atomic E-state index is -0.600. The summed E-state index contributed by atoms with van der Waals surface area (Å²) in [5.41, 5.74) is 6.38. The Morgan fingerprint density at radius 1 is 0.966 bits per heavy atom. The van der Waals surface area contributed by atoms with Crippen LogP contribution in [0.3, 0.4) is 0 Å². The maximum absolute atomic E-state index is 12.4. The molecule has 1 saturated heterocycles. The van der Waals surface area contributed by atoms with Crippen molar-refractivity contribution in [1.29, 1.82) is 0 Å². The average Bonchev–Trinajstić information content (AvgIpc) is 2.70. The molecule has 0 bridgehead atoms. The van der Waals surface area contributed by atoms with Gasteiger partial charge in [0.05, 0.1) is 23.5 Å². The highest BCUT2D eigenvalue weighted by molar-refractivity contribution is 6.03. The normalized spacial score (nSPS) is 14.9. The molecule has 1 heterocycles. The van der Waals surface area contributed by atoms with Crippen molar-refractivity contribution in [3.8, 4) is 5.75 Å². The quantitative estimate of drug-likeness (QED) is 0.554. The Bertz CT molecular complexity index is 907. The third-order valence-corrected chi connectivity index (χ3v) is 4.95. The minimum Gasteiger partial charge on any atom is -0.506 e. The van der Waals surface area contributed by atoms with Crippen LogP contribution in [-0.2, 0) is 9.59 Å². The van der Waals surface area contributed by atoms with Crippen molar-refractivity contribution in [3.05, 3.63) is 54.1 Å². The second-order valence-corrected chi connectivity index (χ2v) is 7.01. The van der Waals surface area contributed by atoms with Crippen LogP contribution in [0.15, 0.2) is 48.5 Å². The second kappa shape index (κ2) is 9.20. The first-order valence-electron chi connectivity index (χ1n) is 9.44. The number of rotatable bonds is 6. The summed E-state index contributed by atoms with van der Waals surface area (Å²) in [4.78, 5) is 38.2. The van der Waals surface area contributed by atoms with E-state index in [-0.39, 0.29) is 35.6 Å². The first-order chi connectivity index (χ1) is 13.9. The van der Waals surface area contributed by atoms with Gasteiger partial charge in [-0.15, -0.1) is 0 Å². The summed E-state index contributed by atoms with van der Waals surface area (Å²) in [7, 11) is 0. The second-order valence-electron chi connectivity index (χ2n) is 7.01. The van der Waals surface area contributed by atoms with Crippen LogP contribution in [0.2, 0.25) is 0 Å². The number of nitrogens with one attached hydrogen (secondary N) is 2. The van der Waals surface area contributed by atoms with Gasteiger partial charge in [-0.1, -0.05) is 24.3 Å².